The smallest absolute Gasteiger partial charge is 0.276 e. The van der Waals surface area contributed by atoms with Crippen LogP contribution < -0.4 is 4.72 Å². The normalized spacial score (nSPS) is 18.7. The van der Waals surface area contributed by atoms with E-state index in [0.717, 1.165) is 24.2 Å². The molecule has 7 nitrogen and oxygen atoms in total. The van der Waals surface area contributed by atoms with E-state index in [2.05, 4.69) is 9.71 Å². The molecule has 0 saturated carbocycles. The van der Waals surface area contributed by atoms with Gasteiger partial charge in [0.2, 0.25) is 10.0 Å². The van der Waals surface area contributed by atoms with E-state index in [0.29, 0.717) is 23.8 Å². The van der Waals surface area contributed by atoms with Gasteiger partial charge in [0.15, 0.2) is 10.8 Å². The first-order valence-corrected chi connectivity index (χ1v) is 9.66. The highest BCUT2D eigenvalue weighted by Crippen LogP contribution is 2.25. The monoisotopic (exact) mass is 356 g/mol. The molecule has 1 aliphatic heterocycles. The number of hydrogen-bond donors (Lipinski definition) is 1. The van der Waals surface area contributed by atoms with Gasteiger partial charge in [-0.3, -0.25) is 4.79 Å². The Bertz CT molecular complexity index is 761. The van der Waals surface area contributed by atoms with Crippen molar-refractivity contribution in [1.82, 2.24) is 9.71 Å². The van der Waals surface area contributed by atoms with Crippen LogP contribution in [0.4, 0.5) is 0 Å². The SMILES string of the molecule is O=C(NS(=O)(=O)CC1CCCCO1)c1cnc(-c2ccco2)s1. The molecule has 0 spiro atoms. The summed E-state index contributed by atoms with van der Waals surface area (Å²) in [5.41, 5.74) is 0. The highest BCUT2D eigenvalue weighted by atomic mass is 32.2. The van der Waals surface area contributed by atoms with Crippen LogP contribution in [0.25, 0.3) is 10.8 Å². The number of ether oxygens (including phenoxy) is 1. The second kappa shape index (κ2) is 6.81. The highest BCUT2D eigenvalue weighted by Gasteiger charge is 2.25. The number of rotatable bonds is 5. The molecule has 1 unspecified atom stereocenters. The van der Waals surface area contributed by atoms with E-state index < -0.39 is 15.9 Å². The van der Waals surface area contributed by atoms with Crippen LogP contribution in [0.15, 0.2) is 29.0 Å². The molecule has 23 heavy (non-hydrogen) atoms. The first kappa shape index (κ1) is 16.2. The van der Waals surface area contributed by atoms with Crippen molar-refractivity contribution in [2.45, 2.75) is 25.4 Å². The van der Waals surface area contributed by atoms with Crippen LogP contribution in [-0.4, -0.2) is 37.8 Å². The van der Waals surface area contributed by atoms with Gasteiger partial charge in [0.1, 0.15) is 4.88 Å². The number of furan rings is 1. The molecule has 1 N–H and O–H groups in total. The molecule has 1 atom stereocenters. The Morgan fingerprint density at radius 1 is 1.43 bits per heavy atom. The summed E-state index contributed by atoms with van der Waals surface area (Å²) in [5.74, 6) is -0.355. The van der Waals surface area contributed by atoms with Crippen LogP contribution >= 0.6 is 11.3 Å². The average Bonchev–Trinajstić information content (AvgIpc) is 3.18. The largest absolute Gasteiger partial charge is 0.462 e. The van der Waals surface area contributed by atoms with Crippen LogP contribution in [0.3, 0.4) is 0 Å². The zero-order valence-electron chi connectivity index (χ0n) is 12.2. The number of aromatic nitrogens is 1. The van der Waals surface area contributed by atoms with Crippen molar-refractivity contribution in [2.75, 3.05) is 12.4 Å². The molecule has 1 fully saturated rings. The predicted molar refractivity (Wildman–Crippen MR) is 84.7 cm³/mol. The number of nitrogens with zero attached hydrogens (tertiary/aromatic N) is 1. The topological polar surface area (TPSA) is 98.5 Å². The standard InChI is InChI=1S/C14H16N2O5S2/c17-13(12-8-15-14(22-12)11-5-3-7-21-11)16-23(18,19)9-10-4-1-2-6-20-10/h3,5,7-8,10H,1-2,4,6,9H2,(H,16,17). The van der Waals surface area contributed by atoms with Gasteiger partial charge in [0.05, 0.1) is 24.3 Å². The first-order valence-electron chi connectivity index (χ1n) is 7.20. The Kier molecular flexibility index (Phi) is 4.79. The van der Waals surface area contributed by atoms with E-state index in [9.17, 15) is 13.2 Å². The fourth-order valence-electron chi connectivity index (χ4n) is 2.31. The summed E-state index contributed by atoms with van der Waals surface area (Å²) in [5, 5.41) is 0.521. The van der Waals surface area contributed by atoms with Crippen molar-refractivity contribution < 1.29 is 22.4 Å². The van der Waals surface area contributed by atoms with Crippen molar-refractivity contribution in [1.29, 1.82) is 0 Å². The van der Waals surface area contributed by atoms with Gasteiger partial charge in [0, 0.05) is 6.61 Å². The Hall–Kier alpha value is -1.71. The number of sulfonamides is 1. The lowest BCUT2D eigenvalue weighted by atomic mass is 10.1. The number of thiazole rings is 1. The second-order valence-corrected chi connectivity index (χ2v) is 8.01. The molecule has 1 amide bonds. The van der Waals surface area contributed by atoms with Gasteiger partial charge in [-0.1, -0.05) is 0 Å². The quantitative estimate of drug-likeness (QED) is 0.880. The minimum atomic E-state index is -3.74. The van der Waals surface area contributed by atoms with Crippen LogP contribution in [0, 0.1) is 0 Å². The van der Waals surface area contributed by atoms with E-state index in [-0.39, 0.29) is 16.7 Å². The predicted octanol–water partition coefficient (Wildman–Crippen LogP) is 2.03. The maximum absolute atomic E-state index is 12.1. The Labute approximate surface area is 137 Å². The zero-order chi connectivity index (χ0) is 16.3. The first-order chi connectivity index (χ1) is 11.0. The lowest BCUT2D eigenvalue weighted by molar-refractivity contribution is 0.0304. The van der Waals surface area contributed by atoms with Gasteiger partial charge in [-0.25, -0.2) is 18.1 Å². The van der Waals surface area contributed by atoms with Gasteiger partial charge >= 0.3 is 0 Å². The van der Waals surface area contributed by atoms with Gasteiger partial charge < -0.3 is 9.15 Å². The van der Waals surface area contributed by atoms with Crippen molar-refractivity contribution in [2.24, 2.45) is 0 Å². The highest BCUT2D eigenvalue weighted by molar-refractivity contribution is 7.90. The molecule has 9 heteroatoms. The number of hydrogen-bond acceptors (Lipinski definition) is 7. The molecule has 2 aromatic rings. The summed E-state index contributed by atoms with van der Waals surface area (Å²) < 4.78 is 36.8. The molecule has 3 rings (SSSR count). The molecular formula is C14H16N2O5S2. The maximum Gasteiger partial charge on any atom is 0.276 e. The van der Waals surface area contributed by atoms with Crippen molar-refractivity contribution in [3.63, 3.8) is 0 Å². The van der Waals surface area contributed by atoms with Crippen LogP contribution in [-0.2, 0) is 14.8 Å². The Morgan fingerprint density at radius 2 is 2.30 bits per heavy atom. The number of nitrogens with one attached hydrogen (secondary N) is 1. The van der Waals surface area contributed by atoms with Crippen molar-refractivity contribution in [3.8, 4) is 10.8 Å². The summed E-state index contributed by atoms with van der Waals surface area (Å²) in [6.07, 6.45) is 5.07. The Balaban J connectivity index is 1.64. The summed E-state index contributed by atoms with van der Waals surface area (Å²) in [4.78, 5) is 16.4. The lowest BCUT2D eigenvalue weighted by Gasteiger charge is -2.22. The molecule has 2 aromatic heterocycles. The molecule has 0 bridgehead atoms. The summed E-state index contributed by atoms with van der Waals surface area (Å²) >= 11 is 1.07. The number of amides is 1. The van der Waals surface area contributed by atoms with Crippen LogP contribution in [0.2, 0.25) is 0 Å². The lowest BCUT2D eigenvalue weighted by Crippen LogP contribution is -2.38. The summed E-state index contributed by atoms with van der Waals surface area (Å²) in [6.45, 7) is 0.565. The van der Waals surface area contributed by atoms with E-state index in [1.54, 1.807) is 12.1 Å². The molecular weight excluding hydrogens is 340 g/mol. The fourth-order valence-corrected chi connectivity index (χ4v) is 4.38. The van der Waals surface area contributed by atoms with Crippen molar-refractivity contribution in [3.05, 3.63) is 29.5 Å². The van der Waals surface area contributed by atoms with Crippen LogP contribution in [0.1, 0.15) is 28.9 Å². The summed E-state index contributed by atoms with van der Waals surface area (Å²) in [7, 11) is -3.74. The second-order valence-electron chi connectivity index (χ2n) is 5.21. The van der Waals surface area contributed by atoms with E-state index in [4.69, 9.17) is 9.15 Å². The minimum absolute atomic E-state index is 0.206. The minimum Gasteiger partial charge on any atom is -0.462 e. The Morgan fingerprint density at radius 3 is 3.00 bits per heavy atom. The van der Waals surface area contributed by atoms with Crippen LogP contribution in [0.5, 0.6) is 0 Å². The third-order valence-corrected chi connectivity index (χ3v) is 5.71. The molecule has 0 aromatic carbocycles. The fraction of sp³-hybridized carbons (Fsp3) is 0.429. The summed E-state index contributed by atoms with van der Waals surface area (Å²) in [6, 6.07) is 3.43. The maximum atomic E-state index is 12.1. The van der Waals surface area contributed by atoms with E-state index in [1.165, 1.54) is 12.5 Å². The molecule has 1 saturated heterocycles. The van der Waals surface area contributed by atoms with E-state index >= 15 is 0 Å². The third kappa shape index (κ3) is 4.18. The molecule has 124 valence electrons. The average molecular weight is 356 g/mol. The molecule has 0 radical (unpaired) electrons. The molecule has 1 aliphatic rings. The number of carbonyl (C=O) groups excluding carboxylic acids is 1. The number of carbonyl (C=O) groups is 1. The van der Waals surface area contributed by atoms with E-state index in [1.807, 2.05) is 0 Å². The zero-order valence-corrected chi connectivity index (χ0v) is 13.9. The van der Waals surface area contributed by atoms with Gasteiger partial charge in [-0.05, 0) is 31.4 Å². The molecule has 0 aliphatic carbocycles. The third-order valence-electron chi connectivity index (χ3n) is 3.39. The molecule has 3 heterocycles. The van der Waals surface area contributed by atoms with Gasteiger partial charge in [-0.2, -0.15) is 0 Å². The van der Waals surface area contributed by atoms with Gasteiger partial charge in [-0.15, -0.1) is 11.3 Å². The van der Waals surface area contributed by atoms with Gasteiger partial charge in [0.25, 0.3) is 5.91 Å². The van der Waals surface area contributed by atoms with Crippen molar-refractivity contribution >= 4 is 27.3 Å².